The van der Waals surface area contributed by atoms with Crippen molar-refractivity contribution in [1.82, 2.24) is 0 Å². The summed E-state index contributed by atoms with van der Waals surface area (Å²) in [6, 6.07) is 10.0. The molecule has 0 fully saturated rings. The molecule has 0 heterocycles. The molecule has 3 nitrogen and oxygen atoms in total. The van der Waals surface area contributed by atoms with E-state index >= 15 is 0 Å². The predicted molar refractivity (Wildman–Crippen MR) is 61.0 cm³/mol. The molecule has 0 N–H and O–H groups in total. The van der Waals surface area contributed by atoms with E-state index in [0.717, 1.165) is 11.4 Å². The lowest BCUT2D eigenvalue weighted by atomic mass is 10.2. The smallest absolute Gasteiger partial charge is 0.142 e. The molecule has 0 bridgehead atoms. The van der Waals surface area contributed by atoms with E-state index in [9.17, 15) is 0 Å². The molecule has 0 spiro atoms. The second-order valence-corrected chi connectivity index (χ2v) is 3.58. The van der Waals surface area contributed by atoms with Crippen molar-refractivity contribution >= 4 is 5.69 Å². The number of hydrogen-bond acceptors (Lipinski definition) is 3. The van der Waals surface area contributed by atoms with Gasteiger partial charge in [0.15, 0.2) is 0 Å². The minimum Gasteiger partial charge on any atom is -0.495 e. The third-order valence-electron chi connectivity index (χ3n) is 2.26. The Morgan fingerprint density at radius 2 is 2.13 bits per heavy atom. The summed E-state index contributed by atoms with van der Waals surface area (Å²) in [6.07, 6.45) is 0. The number of hydrogen-bond donors (Lipinski definition) is 0. The molecule has 0 amide bonds. The van der Waals surface area contributed by atoms with Crippen molar-refractivity contribution in [3.8, 4) is 11.8 Å². The third-order valence-corrected chi connectivity index (χ3v) is 2.26. The first kappa shape index (κ1) is 11.4. The summed E-state index contributed by atoms with van der Waals surface area (Å²) in [5.41, 5.74) is 1.02. The van der Waals surface area contributed by atoms with Crippen LogP contribution in [0.15, 0.2) is 24.3 Å². The zero-order chi connectivity index (χ0) is 11.3. The van der Waals surface area contributed by atoms with Crippen molar-refractivity contribution in [1.29, 1.82) is 5.26 Å². The predicted octanol–water partition coefficient (Wildman–Crippen LogP) is 2.29. The molecular weight excluding hydrogens is 188 g/mol. The maximum Gasteiger partial charge on any atom is 0.142 e. The van der Waals surface area contributed by atoms with Gasteiger partial charge in [-0.2, -0.15) is 5.26 Å². The van der Waals surface area contributed by atoms with Gasteiger partial charge < -0.3 is 9.64 Å². The van der Waals surface area contributed by atoms with Gasteiger partial charge in [0.25, 0.3) is 0 Å². The largest absolute Gasteiger partial charge is 0.495 e. The van der Waals surface area contributed by atoms with E-state index in [2.05, 4.69) is 6.07 Å². The van der Waals surface area contributed by atoms with Gasteiger partial charge in [0, 0.05) is 13.6 Å². The summed E-state index contributed by atoms with van der Waals surface area (Å²) in [4.78, 5) is 2.03. The van der Waals surface area contributed by atoms with Gasteiger partial charge in [-0.15, -0.1) is 0 Å². The van der Waals surface area contributed by atoms with E-state index in [0.29, 0.717) is 6.54 Å². The maximum atomic E-state index is 8.75. The van der Waals surface area contributed by atoms with Crippen LogP contribution in [0.1, 0.15) is 6.92 Å². The van der Waals surface area contributed by atoms with Crippen LogP contribution in [0.3, 0.4) is 0 Å². The van der Waals surface area contributed by atoms with Crippen LogP contribution in [0.25, 0.3) is 0 Å². The normalized spacial score (nSPS) is 11.6. The summed E-state index contributed by atoms with van der Waals surface area (Å²) in [5, 5.41) is 8.75. The zero-order valence-electron chi connectivity index (χ0n) is 9.40. The van der Waals surface area contributed by atoms with Crippen LogP contribution >= 0.6 is 0 Å². The number of rotatable bonds is 4. The molecule has 1 aromatic rings. The molecule has 0 saturated heterocycles. The van der Waals surface area contributed by atoms with Gasteiger partial charge in [0.1, 0.15) is 5.75 Å². The molecule has 0 aromatic heterocycles. The minimum atomic E-state index is 0.0138. The van der Waals surface area contributed by atoms with Gasteiger partial charge in [-0.05, 0) is 19.1 Å². The Kier molecular flexibility index (Phi) is 3.99. The molecule has 0 saturated carbocycles. The highest BCUT2D eigenvalue weighted by atomic mass is 16.5. The summed E-state index contributed by atoms with van der Waals surface area (Å²) in [6.45, 7) is 2.61. The van der Waals surface area contributed by atoms with E-state index in [-0.39, 0.29) is 5.92 Å². The van der Waals surface area contributed by atoms with Crippen LogP contribution in [0.4, 0.5) is 5.69 Å². The lowest BCUT2D eigenvalue weighted by molar-refractivity contribution is 0.414. The highest BCUT2D eigenvalue weighted by Gasteiger charge is 2.09. The van der Waals surface area contributed by atoms with Crippen LogP contribution in [0.5, 0.6) is 5.75 Å². The van der Waals surface area contributed by atoms with Crippen LogP contribution < -0.4 is 9.64 Å². The number of nitrogens with zero attached hydrogens (tertiary/aromatic N) is 2. The van der Waals surface area contributed by atoms with Crippen molar-refractivity contribution in [3.63, 3.8) is 0 Å². The monoisotopic (exact) mass is 204 g/mol. The Morgan fingerprint density at radius 1 is 1.47 bits per heavy atom. The first-order valence-corrected chi connectivity index (χ1v) is 4.92. The summed E-state index contributed by atoms with van der Waals surface area (Å²) >= 11 is 0. The van der Waals surface area contributed by atoms with Crippen molar-refractivity contribution in [2.24, 2.45) is 5.92 Å². The Bertz CT molecular complexity index is 357. The first-order valence-electron chi connectivity index (χ1n) is 4.92. The Morgan fingerprint density at radius 3 is 2.73 bits per heavy atom. The summed E-state index contributed by atoms with van der Waals surface area (Å²) in [7, 11) is 3.62. The average Bonchev–Trinajstić information content (AvgIpc) is 2.28. The first-order chi connectivity index (χ1) is 7.19. The van der Waals surface area contributed by atoms with E-state index in [1.807, 2.05) is 43.1 Å². The maximum absolute atomic E-state index is 8.75. The fraction of sp³-hybridized carbons (Fsp3) is 0.417. The fourth-order valence-corrected chi connectivity index (χ4v) is 1.50. The molecule has 0 aliphatic carbocycles. The van der Waals surface area contributed by atoms with Crippen molar-refractivity contribution < 1.29 is 4.74 Å². The van der Waals surface area contributed by atoms with Crippen LogP contribution in [0.2, 0.25) is 0 Å². The molecule has 1 aromatic carbocycles. The Hall–Kier alpha value is -1.69. The number of para-hydroxylation sites is 2. The van der Waals surface area contributed by atoms with Crippen molar-refractivity contribution in [2.75, 3.05) is 25.6 Å². The Labute approximate surface area is 90.9 Å². The van der Waals surface area contributed by atoms with E-state index < -0.39 is 0 Å². The molecule has 1 atom stereocenters. The Balaban J connectivity index is 2.82. The lowest BCUT2D eigenvalue weighted by Gasteiger charge is -2.22. The molecule has 0 aliphatic heterocycles. The van der Waals surface area contributed by atoms with E-state index in [4.69, 9.17) is 10.00 Å². The van der Waals surface area contributed by atoms with E-state index in [1.165, 1.54) is 0 Å². The lowest BCUT2D eigenvalue weighted by Crippen LogP contribution is -2.23. The van der Waals surface area contributed by atoms with Gasteiger partial charge in [-0.25, -0.2) is 0 Å². The number of benzene rings is 1. The molecular formula is C12H16N2O. The summed E-state index contributed by atoms with van der Waals surface area (Å²) in [5.74, 6) is 0.852. The van der Waals surface area contributed by atoms with Gasteiger partial charge >= 0.3 is 0 Å². The van der Waals surface area contributed by atoms with Crippen LogP contribution in [-0.2, 0) is 0 Å². The van der Waals surface area contributed by atoms with Crippen LogP contribution in [-0.4, -0.2) is 20.7 Å². The number of ether oxygens (including phenoxy) is 1. The van der Waals surface area contributed by atoms with Crippen molar-refractivity contribution in [2.45, 2.75) is 6.92 Å². The molecule has 3 heteroatoms. The van der Waals surface area contributed by atoms with E-state index in [1.54, 1.807) is 7.11 Å². The number of nitriles is 1. The molecule has 1 rings (SSSR count). The topological polar surface area (TPSA) is 36.3 Å². The molecule has 80 valence electrons. The zero-order valence-corrected chi connectivity index (χ0v) is 9.40. The molecule has 0 aliphatic rings. The molecule has 15 heavy (non-hydrogen) atoms. The van der Waals surface area contributed by atoms with Gasteiger partial charge in [0.2, 0.25) is 0 Å². The van der Waals surface area contributed by atoms with Crippen molar-refractivity contribution in [3.05, 3.63) is 24.3 Å². The number of anilines is 1. The number of methoxy groups -OCH3 is 1. The third kappa shape index (κ3) is 2.88. The standard InChI is InChI=1S/C12H16N2O/c1-10(8-13)9-14(2)11-6-4-5-7-12(11)15-3/h4-7,10H,9H2,1-3H3. The second-order valence-electron chi connectivity index (χ2n) is 3.58. The quantitative estimate of drug-likeness (QED) is 0.755. The highest BCUT2D eigenvalue weighted by molar-refractivity contribution is 5.57. The summed E-state index contributed by atoms with van der Waals surface area (Å²) < 4.78 is 5.26. The highest BCUT2D eigenvalue weighted by Crippen LogP contribution is 2.26. The minimum absolute atomic E-state index is 0.0138. The second kappa shape index (κ2) is 5.26. The SMILES string of the molecule is COc1ccccc1N(C)CC(C)C#N. The van der Waals surface area contributed by atoms with Gasteiger partial charge in [0.05, 0.1) is 24.8 Å². The fourth-order valence-electron chi connectivity index (χ4n) is 1.50. The van der Waals surface area contributed by atoms with Gasteiger partial charge in [-0.3, -0.25) is 0 Å². The van der Waals surface area contributed by atoms with Gasteiger partial charge in [-0.1, -0.05) is 12.1 Å². The molecule has 0 radical (unpaired) electrons. The molecule has 1 unspecified atom stereocenters. The van der Waals surface area contributed by atoms with Crippen LogP contribution in [0, 0.1) is 17.2 Å². The average molecular weight is 204 g/mol.